The number of rotatable bonds is 6. The number of carbonyl (C=O) groups excluding carboxylic acids is 1. The van der Waals surface area contributed by atoms with Gasteiger partial charge in [0.2, 0.25) is 5.91 Å². The Morgan fingerprint density at radius 1 is 1.04 bits per heavy atom. The van der Waals surface area contributed by atoms with Crippen molar-refractivity contribution in [1.29, 1.82) is 0 Å². The molecule has 0 aliphatic rings. The molecule has 3 aromatic rings. The molecule has 1 unspecified atom stereocenters. The lowest BCUT2D eigenvalue weighted by Gasteiger charge is -2.15. The number of benzene rings is 2. The number of amides is 1. The number of nitrogens with zero attached hydrogens (tertiary/aromatic N) is 1. The van der Waals surface area contributed by atoms with Gasteiger partial charge < -0.3 is 10.6 Å². The van der Waals surface area contributed by atoms with E-state index in [4.69, 9.17) is 0 Å². The van der Waals surface area contributed by atoms with Gasteiger partial charge in [0.25, 0.3) is 0 Å². The summed E-state index contributed by atoms with van der Waals surface area (Å²) in [7, 11) is 0. The summed E-state index contributed by atoms with van der Waals surface area (Å²) in [6, 6.07) is 14.2. The molecule has 142 valence electrons. The van der Waals surface area contributed by atoms with E-state index in [0.29, 0.717) is 0 Å². The van der Waals surface area contributed by atoms with Gasteiger partial charge >= 0.3 is 0 Å². The number of hydrogen-bond donors (Lipinski definition) is 2. The van der Waals surface area contributed by atoms with Gasteiger partial charge in [-0.15, -0.1) is 0 Å². The number of aromatic nitrogens is 1. The molecule has 0 saturated heterocycles. The second kappa shape index (κ2) is 8.90. The Hall–Kier alpha value is -3.54. The van der Waals surface area contributed by atoms with E-state index in [9.17, 15) is 13.6 Å². The zero-order chi connectivity index (χ0) is 19.9. The molecule has 28 heavy (non-hydrogen) atoms. The molecule has 4 nitrogen and oxygen atoms in total. The Morgan fingerprint density at radius 3 is 2.61 bits per heavy atom. The largest absolute Gasteiger partial charge is 0.355 e. The Kier molecular flexibility index (Phi) is 6.11. The highest BCUT2D eigenvalue weighted by molar-refractivity contribution is 5.92. The van der Waals surface area contributed by atoms with Gasteiger partial charge in [-0.2, -0.15) is 0 Å². The van der Waals surface area contributed by atoms with Crippen LogP contribution < -0.4 is 10.6 Å². The van der Waals surface area contributed by atoms with Crippen LogP contribution in [0.15, 0.2) is 73.1 Å². The monoisotopic (exact) mass is 379 g/mol. The molecule has 1 heterocycles. The van der Waals surface area contributed by atoms with Crippen molar-refractivity contribution in [3.8, 4) is 0 Å². The van der Waals surface area contributed by atoms with Crippen LogP contribution in [-0.4, -0.2) is 10.9 Å². The Bertz CT molecular complexity index is 990. The summed E-state index contributed by atoms with van der Waals surface area (Å²) >= 11 is 0. The van der Waals surface area contributed by atoms with Gasteiger partial charge in [0.15, 0.2) is 0 Å². The van der Waals surface area contributed by atoms with Gasteiger partial charge in [0, 0.05) is 35.4 Å². The fourth-order valence-corrected chi connectivity index (χ4v) is 2.64. The molecule has 1 atom stereocenters. The highest BCUT2D eigenvalue weighted by Crippen LogP contribution is 2.21. The topological polar surface area (TPSA) is 54.0 Å². The highest BCUT2D eigenvalue weighted by atomic mass is 19.1. The standard InChI is InChI=1S/C22H19F2N3O/c1-15(26-22(28)8-5-17-13-18(23)6-7-21(17)24)16-3-2-4-20(14-16)27-19-9-11-25-12-10-19/h2-15H,1H3,(H,25,27)(H,26,28). The van der Waals surface area contributed by atoms with Crippen LogP contribution in [0, 0.1) is 11.6 Å². The molecular weight excluding hydrogens is 360 g/mol. The maximum absolute atomic E-state index is 13.6. The molecule has 0 aliphatic heterocycles. The minimum atomic E-state index is -0.589. The van der Waals surface area contributed by atoms with Gasteiger partial charge in [-0.05, 0) is 61.0 Å². The van der Waals surface area contributed by atoms with Crippen LogP contribution in [0.4, 0.5) is 20.2 Å². The molecule has 0 fully saturated rings. The Labute approximate surface area is 161 Å². The number of halogens is 2. The van der Waals surface area contributed by atoms with Gasteiger partial charge in [-0.1, -0.05) is 12.1 Å². The molecule has 1 amide bonds. The first-order chi connectivity index (χ1) is 13.5. The first kappa shape index (κ1) is 19.2. The summed E-state index contributed by atoms with van der Waals surface area (Å²) in [5, 5.41) is 6.08. The molecule has 0 spiro atoms. The van der Waals surface area contributed by atoms with E-state index in [1.54, 1.807) is 12.4 Å². The fourth-order valence-electron chi connectivity index (χ4n) is 2.64. The molecule has 0 saturated carbocycles. The van der Waals surface area contributed by atoms with Crippen LogP contribution in [0.1, 0.15) is 24.1 Å². The second-order valence-electron chi connectivity index (χ2n) is 6.22. The maximum Gasteiger partial charge on any atom is 0.244 e. The SMILES string of the molecule is CC(NC(=O)C=Cc1cc(F)ccc1F)c1cccc(Nc2ccncc2)c1. The summed E-state index contributed by atoms with van der Waals surface area (Å²) in [4.78, 5) is 16.1. The summed E-state index contributed by atoms with van der Waals surface area (Å²) in [5.74, 6) is -1.55. The van der Waals surface area contributed by atoms with Gasteiger partial charge in [-0.3, -0.25) is 9.78 Å². The maximum atomic E-state index is 13.6. The number of pyridine rings is 1. The lowest BCUT2D eigenvalue weighted by molar-refractivity contribution is -0.117. The van der Waals surface area contributed by atoms with Crippen molar-refractivity contribution < 1.29 is 13.6 Å². The highest BCUT2D eigenvalue weighted by Gasteiger charge is 2.09. The van der Waals surface area contributed by atoms with E-state index in [2.05, 4.69) is 15.6 Å². The summed E-state index contributed by atoms with van der Waals surface area (Å²) in [6.07, 6.45) is 5.83. The van der Waals surface area contributed by atoms with Crippen LogP contribution >= 0.6 is 0 Å². The summed E-state index contributed by atoms with van der Waals surface area (Å²) in [6.45, 7) is 1.85. The van der Waals surface area contributed by atoms with Gasteiger partial charge in [0.1, 0.15) is 11.6 Å². The molecule has 2 N–H and O–H groups in total. The first-order valence-electron chi connectivity index (χ1n) is 8.72. The predicted molar refractivity (Wildman–Crippen MR) is 106 cm³/mol. The van der Waals surface area contributed by atoms with Crippen LogP contribution in [0.25, 0.3) is 6.08 Å². The van der Waals surface area contributed by atoms with E-state index in [-0.39, 0.29) is 11.6 Å². The number of nitrogens with one attached hydrogen (secondary N) is 2. The predicted octanol–water partition coefficient (Wildman–Crippen LogP) is 4.99. The average Bonchev–Trinajstić information content (AvgIpc) is 2.69. The first-order valence-corrected chi connectivity index (χ1v) is 8.72. The van der Waals surface area contributed by atoms with Gasteiger partial charge in [0.05, 0.1) is 6.04 Å². The lowest BCUT2D eigenvalue weighted by atomic mass is 10.1. The van der Waals surface area contributed by atoms with Crippen LogP contribution in [0.3, 0.4) is 0 Å². The van der Waals surface area contributed by atoms with E-state index >= 15 is 0 Å². The van der Waals surface area contributed by atoms with Crippen molar-refractivity contribution in [3.05, 3.63) is 95.8 Å². The molecule has 2 aromatic carbocycles. The van der Waals surface area contributed by atoms with E-state index in [1.807, 2.05) is 43.3 Å². The van der Waals surface area contributed by atoms with E-state index in [1.165, 1.54) is 12.2 Å². The third-order valence-electron chi connectivity index (χ3n) is 4.09. The zero-order valence-electron chi connectivity index (χ0n) is 15.2. The average molecular weight is 379 g/mol. The molecule has 3 rings (SSSR count). The minimum Gasteiger partial charge on any atom is -0.355 e. The minimum absolute atomic E-state index is 0.0198. The van der Waals surface area contributed by atoms with E-state index < -0.39 is 17.5 Å². The van der Waals surface area contributed by atoms with E-state index in [0.717, 1.165) is 35.1 Å². The number of carbonyl (C=O) groups is 1. The van der Waals surface area contributed by atoms with Crippen LogP contribution in [-0.2, 0) is 4.79 Å². The third-order valence-corrected chi connectivity index (χ3v) is 4.09. The van der Waals surface area contributed by atoms with Crippen molar-refractivity contribution in [2.75, 3.05) is 5.32 Å². The summed E-state index contributed by atoms with van der Waals surface area (Å²) < 4.78 is 26.8. The number of anilines is 2. The van der Waals surface area contributed by atoms with Crippen LogP contribution in [0.5, 0.6) is 0 Å². The number of hydrogen-bond acceptors (Lipinski definition) is 3. The molecule has 6 heteroatoms. The Balaban J connectivity index is 1.64. The second-order valence-corrected chi connectivity index (χ2v) is 6.22. The van der Waals surface area contributed by atoms with Gasteiger partial charge in [-0.25, -0.2) is 8.78 Å². The van der Waals surface area contributed by atoms with Crippen molar-refractivity contribution >= 4 is 23.4 Å². The van der Waals surface area contributed by atoms with Crippen molar-refractivity contribution in [2.24, 2.45) is 0 Å². The molecule has 0 radical (unpaired) electrons. The van der Waals surface area contributed by atoms with Crippen LogP contribution in [0.2, 0.25) is 0 Å². The fraction of sp³-hybridized carbons (Fsp3) is 0.0909. The molecule has 0 bridgehead atoms. The molecule has 0 aliphatic carbocycles. The Morgan fingerprint density at radius 2 is 1.82 bits per heavy atom. The smallest absolute Gasteiger partial charge is 0.244 e. The van der Waals surface area contributed by atoms with Crippen molar-refractivity contribution in [1.82, 2.24) is 10.3 Å². The van der Waals surface area contributed by atoms with Crippen molar-refractivity contribution in [3.63, 3.8) is 0 Å². The summed E-state index contributed by atoms with van der Waals surface area (Å²) in [5.41, 5.74) is 2.70. The van der Waals surface area contributed by atoms with Crippen molar-refractivity contribution in [2.45, 2.75) is 13.0 Å². The lowest BCUT2D eigenvalue weighted by Crippen LogP contribution is -2.24. The molecule has 1 aromatic heterocycles. The normalized spacial score (nSPS) is 12.0. The zero-order valence-corrected chi connectivity index (χ0v) is 15.2. The third kappa shape index (κ3) is 5.23. The quantitative estimate of drug-likeness (QED) is 0.593. The molecular formula is C22H19F2N3O.